The Balaban J connectivity index is 0.959. The Morgan fingerprint density at radius 1 is 0.413 bits per heavy atom. The number of fused-ring (bicyclic) bond motifs is 5. The number of aliphatic imine (C=N–C) groups is 1. The second kappa shape index (κ2) is 19.3. The molecule has 75 heavy (non-hydrogen) atoms. The van der Waals surface area contributed by atoms with Gasteiger partial charge in [-0.1, -0.05) is 262 Å². The summed E-state index contributed by atoms with van der Waals surface area (Å²) in [4.78, 5) is 16.4. The first-order valence-corrected chi connectivity index (χ1v) is 26.0. The van der Waals surface area contributed by atoms with Crippen molar-refractivity contribution in [2.75, 3.05) is 0 Å². The van der Waals surface area contributed by atoms with Crippen molar-refractivity contribution < 1.29 is 0 Å². The van der Waals surface area contributed by atoms with Crippen molar-refractivity contribution in [1.29, 1.82) is 0 Å². The number of hydrogen-bond acceptors (Lipinski definition) is 3. The third-order valence-corrected chi connectivity index (χ3v) is 15.5. The van der Waals surface area contributed by atoms with Crippen molar-refractivity contribution in [2.24, 2.45) is 10.9 Å². The molecule has 1 aliphatic rings. The van der Waals surface area contributed by atoms with E-state index in [1.807, 2.05) is 6.07 Å². The van der Waals surface area contributed by atoms with Gasteiger partial charge in [0.1, 0.15) is 0 Å². The zero-order valence-electron chi connectivity index (χ0n) is 42.0. The van der Waals surface area contributed by atoms with E-state index in [-0.39, 0.29) is 12.0 Å². The van der Waals surface area contributed by atoms with Crippen LogP contribution in [-0.2, 0) is 5.41 Å². The summed E-state index contributed by atoms with van der Waals surface area (Å²) < 4.78 is 0. The first-order chi connectivity index (χ1) is 37.0. The maximum absolute atomic E-state index is 5.68. The molecule has 0 spiro atoms. The van der Waals surface area contributed by atoms with Gasteiger partial charge in [-0.2, -0.15) is 0 Å². The fraction of sp³-hybridized carbons (Fsp3) is 0.0694. The van der Waals surface area contributed by atoms with Crippen LogP contribution in [0.1, 0.15) is 41.7 Å². The molecule has 2 aromatic heterocycles. The lowest BCUT2D eigenvalue weighted by atomic mass is 9.68. The molecule has 0 bridgehead atoms. The number of benzene rings is 10. The van der Waals surface area contributed by atoms with Gasteiger partial charge in [-0.15, -0.1) is 0 Å². The highest BCUT2D eigenvalue weighted by Gasteiger charge is 2.34. The summed E-state index contributed by atoms with van der Waals surface area (Å²) in [7, 11) is 0. The predicted molar refractivity (Wildman–Crippen MR) is 316 cm³/mol. The zero-order chi connectivity index (χ0) is 50.3. The zero-order valence-corrected chi connectivity index (χ0v) is 42.0. The molecule has 2 unspecified atom stereocenters. The van der Waals surface area contributed by atoms with Gasteiger partial charge in [0.05, 0.1) is 34.2 Å². The summed E-state index contributed by atoms with van der Waals surface area (Å²) >= 11 is 0. The quantitative estimate of drug-likeness (QED) is 0.0593. The Morgan fingerprint density at radius 3 is 1.45 bits per heavy atom. The summed E-state index contributed by atoms with van der Waals surface area (Å²) in [5.74, 6) is 0.242. The second-order valence-electron chi connectivity index (χ2n) is 20.0. The molecule has 2 atom stereocenters. The smallest absolute Gasteiger partial charge is 0.0972 e. The van der Waals surface area contributed by atoms with E-state index < -0.39 is 5.41 Å². The normalized spacial score (nSPS) is 14.8. The van der Waals surface area contributed by atoms with Gasteiger partial charge in [-0.3, -0.25) is 4.99 Å². The topological polar surface area (TPSA) is 38.1 Å². The van der Waals surface area contributed by atoms with E-state index in [9.17, 15) is 0 Å². The third-order valence-electron chi connectivity index (χ3n) is 15.5. The average molecular weight is 960 g/mol. The molecule has 1 aliphatic carbocycles. The molecule has 0 aliphatic heterocycles. The van der Waals surface area contributed by atoms with Crippen LogP contribution >= 0.6 is 0 Å². The molecule has 0 saturated heterocycles. The molecular weight excluding hydrogens is 907 g/mol. The van der Waals surface area contributed by atoms with Gasteiger partial charge in [-0.25, -0.2) is 9.97 Å². The fourth-order valence-corrected chi connectivity index (χ4v) is 11.5. The average Bonchev–Trinajstić information content (AvgIpc) is 3.50. The SMILES string of the molecule is CC1C=CC=CC1N=C(c1ccc(-c2c3ccccc3c(-c3ccc4ccc5ccc(-c6ccccc6)nc5c4n3)c3ccccc23)cc1)c1ccc(C(C)(c2ccccc2)c2ccccc2)c(-c2ccccc2)c1. The van der Waals surface area contributed by atoms with Crippen molar-refractivity contribution in [3.8, 4) is 44.8 Å². The van der Waals surface area contributed by atoms with Gasteiger partial charge in [0.2, 0.25) is 0 Å². The maximum atomic E-state index is 5.68. The summed E-state index contributed by atoms with van der Waals surface area (Å²) in [6, 6.07) is 89.8. The Bertz CT molecular complexity index is 4080. The highest BCUT2D eigenvalue weighted by Crippen LogP contribution is 2.46. The van der Waals surface area contributed by atoms with Crippen LogP contribution in [0.25, 0.3) is 88.1 Å². The van der Waals surface area contributed by atoms with E-state index >= 15 is 0 Å². The highest BCUT2D eigenvalue weighted by molar-refractivity contribution is 6.22. The number of pyridine rings is 2. The molecule has 0 radical (unpaired) electrons. The van der Waals surface area contributed by atoms with Gasteiger partial charge in [0, 0.05) is 44.4 Å². The minimum atomic E-state index is -0.444. The highest BCUT2D eigenvalue weighted by atomic mass is 14.8. The lowest BCUT2D eigenvalue weighted by molar-refractivity contribution is 0.627. The van der Waals surface area contributed by atoms with Crippen LogP contribution in [-0.4, -0.2) is 21.7 Å². The summed E-state index contributed by atoms with van der Waals surface area (Å²) in [6.07, 6.45) is 8.76. The maximum Gasteiger partial charge on any atom is 0.0972 e. The van der Waals surface area contributed by atoms with Crippen LogP contribution in [0.3, 0.4) is 0 Å². The number of nitrogens with zero attached hydrogens (tertiary/aromatic N) is 3. The number of rotatable bonds is 10. The summed E-state index contributed by atoms with van der Waals surface area (Å²) in [6.45, 7) is 4.62. The third kappa shape index (κ3) is 8.24. The minimum Gasteiger partial charge on any atom is -0.276 e. The van der Waals surface area contributed by atoms with Gasteiger partial charge < -0.3 is 0 Å². The molecule has 13 rings (SSSR count). The van der Waals surface area contributed by atoms with Gasteiger partial charge in [0.15, 0.2) is 0 Å². The van der Waals surface area contributed by atoms with Crippen LogP contribution in [0.5, 0.6) is 0 Å². The standard InChI is InChI=1S/C72H53N3/c1-48-21-15-20-34-64(48)73-69(55-41-44-63(62(47-55)49-22-7-3-8-23-49)72(2,56-26-11-5-12-27-56)57-28-13-6-14-29-57)52-37-35-51(36-38-52)67-58-30-16-18-32-60(58)68(61-33-19-17-31-59(61)67)66-46-43-54-40-39-53-42-45-65(50-24-9-4-10-25-50)74-70(53)71(54)75-66/h3-48,64H,1-2H3. The van der Waals surface area contributed by atoms with E-state index in [1.54, 1.807) is 0 Å². The largest absolute Gasteiger partial charge is 0.276 e. The van der Waals surface area contributed by atoms with Crippen LogP contribution in [0.15, 0.2) is 278 Å². The lowest BCUT2D eigenvalue weighted by Gasteiger charge is -2.34. The van der Waals surface area contributed by atoms with Crippen molar-refractivity contribution in [3.05, 3.63) is 301 Å². The van der Waals surface area contributed by atoms with E-state index in [2.05, 4.69) is 281 Å². The molecule has 0 fully saturated rings. The first kappa shape index (κ1) is 45.5. The molecule has 356 valence electrons. The monoisotopic (exact) mass is 959 g/mol. The van der Waals surface area contributed by atoms with Crippen molar-refractivity contribution >= 4 is 49.1 Å². The van der Waals surface area contributed by atoms with Crippen LogP contribution in [0, 0.1) is 5.92 Å². The fourth-order valence-electron chi connectivity index (χ4n) is 11.5. The van der Waals surface area contributed by atoms with Gasteiger partial charge in [-0.05, 0) is 85.6 Å². The van der Waals surface area contributed by atoms with E-state index in [0.717, 1.165) is 77.5 Å². The van der Waals surface area contributed by atoms with Gasteiger partial charge >= 0.3 is 0 Å². The Morgan fingerprint density at radius 2 is 0.880 bits per heavy atom. The van der Waals surface area contributed by atoms with Crippen molar-refractivity contribution in [1.82, 2.24) is 9.97 Å². The predicted octanol–water partition coefficient (Wildman–Crippen LogP) is 18.1. The van der Waals surface area contributed by atoms with Gasteiger partial charge in [0.25, 0.3) is 0 Å². The van der Waals surface area contributed by atoms with E-state index in [4.69, 9.17) is 15.0 Å². The summed E-state index contributed by atoms with van der Waals surface area (Å²) in [5, 5.41) is 6.78. The number of aromatic nitrogens is 2. The summed E-state index contributed by atoms with van der Waals surface area (Å²) in [5.41, 5.74) is 16.9. The van der Waals surface area contributed by atoms with Crippen molar-refractivity contribution in [3.63, 3.8) is 0 Å². The molecule has 3 heteroatoms. The molecule has 3 nitrogen and oxygen atoms in total. The second-order valence-corrected chi connectivity index (χ2v) is 20.0. The first-order valence-electron chi connectivity index (χ1n) is 26.0. The Kier molecular flexibility index (Phi) is 11.7. The molecule has 0 N–H and O–H groups in total. The van der Waals surface area contributed by atoms with E-state index in [1.165, 1.54) is 44.2 Å². The minimum absolute atomic E-state index is 0.0211. The Hall–Kier alpha value is -9.31. The molecule has 0 saturated carbocycles. The number of hydrogen-bond donors (Lipinski definition) is 0. The molecular formula is C72H53N3. The Labute approximate surface area is 438 Å². The van der Waals surface area contributed by atoms with Crippen LogP contribution in [0.4, 0.5) is 0 Å². The van der Waals surface area contributed by atoms with Crippen LogP contribution in [0.2, 0.25) is 0 Å². The molecule has 2 heterocycles. The molecule has 0 amide bonds. The lowest BCUT2D eigenvalue weighted by Crippen LogP contribution is -2.26. The molecule has 10 aromatic carbocycles. The number of allylic oxidation sites excluding steroid dienone is 2. The van der Waals surface area contributed by atoms with Crippen molar-refractivity contribution in [2.45, 2.75) is 25.3 Å². The van der Waals surface area contributed by atoms with E-state index in [0.29, 0.717) is 0 Å². The molecule has 12 aromatic rings. The van der Waals surface area contributed by atoms with Crippen LogP contribution < -0.4 is 0 Å².